The van der Waals surface area contributed by atoms with Crippen molar-refractivity contribution < 1.29 is 14.6 Å². The van der Waals surface area contributed by atoms with Gasteiger partial charge in [-0.25, -0.2) is 5.10 Å². The van der Waals surface area contributed by atoms with Crippen LogP contribution < -0.4 is 10.5 Å². The van der Waals surface area contributed by atoms with Gasteiger partial charge in [-0.05, 0) is 48.7 Å². The number of ether oxygens (including phenoxy) is 1. The van der Waals surface area contributed by atoms with Crippen LogP contribution in [0.15, 0.2) is 24.3 Å². The van der Waals surface area contributed by atoms with Crippen LogP contribution in [-0.4, -0.2) is 44.3 Å². The first-order valence-corrected chi connectivity index (χ1v) is 7.47. The Kier molecular flexibility index (Phi) is 6.04. The lowest BCUT2D eigenvalue weighted by Crippen LogP contribution is -2.32. The average Bonchev–Trinajstić information content (AvgIpc) is 3.06. The van der Waals surface area contributed by atoms with Gasteiger partial charge < -0.3 is 15.6 Å². The molecule has 4 N–H and O–H groups in total. The third kappa shape index (κ3) is 5.33. The van der Waals surface area contributed by atoms with Gasteiger partial charge in [-0.1, -0.05) is 17.7 Å². The van der Waals surface area contributed by atoms with Crippen LogP contribution in [0.1, 0.15) is 36.6 Å². The number of hydrogen-bond donors (Lipinski definition) is 3. The maximum absolute atomic E-state index is 10.9. The number of carbonyl (C=O) groups is 1. The van der Waals surface area contributed by atoms with Crippen molar-refractivity contribution in [1.82, 2.24) is 20.6 Å². The summed E-state index contributed by atoms with van der Waals surface area (Å²) in [5.74, 6) is 0.198. The third-order valence-corrected chi connectivity index (χ3v) is 3.59. The Labute approximate surface area is 134 Å². The number of aliphatic carboxylic acids is 1. The van der Waals surface area contributed by atoms with Crippen LogP contribution in [0.4, 0.5) is 0 Å². The summed E-state index contributed by atoms with van der Waals surface area (Å²) in [5, 5.41) is 22.6. The topological polar surface area (TPSA) is 127 Å². The number of benzene rings is 1. The lowest BCUT2D eigenvalue weighted by atomic mass is 9.95. The van der Waals surface area contributed by atoms with E-state index in [0.29, 0.717) is 18.9 Å². The highest BCUT2D eigenvalue weighted by molar-refractivity contribution is 5.73. The minimum Gasteiger partial charge on any atom is -0.494 e. The van der Waals surface area contributed by atoms with Crippen LogP contribution in [0.2, 0.25) is 0 Å². The Morgan fingerprint density at radius 2 is 2.13 bits per heavy atom. The molecule has 2 aromatic rings. The number of aromatic nitrogens is 4. The number of rotatable bonds is 9. The predicted molar refractivity (Wildman–Crippen MR) is 83.1 cm³/mol. The number of H-pyrrole nitrogens is 1. The summed E-state index contributed by atoms with van der Waals surface area (Å²) < 4.78 is 5.67. The fourth-order valence-electron chi connectivity index (χ4n) is 2.27. The number of carboxylic acids is 1. The first-order chi connectivity index (χ1) is 11.1. The molecule has 8 heteroatoms. The number of hydrogen-bond acceptors (Lipinski definition) is 6. The molecule has 0 aliphatic rings. The molecule has 0 amide bonds. The van der Waals surface area contributed by atoms with Crippen LogP contribution >= 0.6 is 0 Å². The summed E-state index contributed by atoms with van der Waals surface area (Å²) >= 11 is 0. The van der Waals surface area contributed by atoms with Crippen LogP contribution in [0.3, 0.4) is 0 Å². The molecule has 0 saturated carbocycles. The van der Waals surface area contributed by atoms with Crippen molar-refractivity contribution in [3.8, 4) is 5.75 Å². The normalized spacial score (nSPS) is 13.5. The summed E-state index contributed by atoms with van der Waals surface area (Å²) in [7, 11) is 0. The second kappa shape index (κ2) is 8.23. The molecular weight excluding hydrogens is 298 g/mol. The van der Waals surface area contributed by atoms with Gasteiger partial charge in [0.15, 0.2) is 5.82 Å². The zero-order valence-corrected chi connectivity index (χ0v) is 13.0. The molecule has 0 radical (unpaired) electrons. The fourth-order valence-corrected chi connectivity index (χ4v) is 2.27. The molecule has 0 fully saturated rings. The molecule has 1 heterocycles. The Balaban J connectivity index is 1.83. The molecule has 0 aliphatic heterocycles. The number of aromatic amines is 1. The standard InChI is InChI=1S/C15H21N5O3/c1-10-4-6-12(7-5-10)23-8-2-3-11(9-13(16)15(21)22)14-17-19-20-18-14/h4-7,11,13H,2-3,8-9,16H2,1H3,(H,21,22)(H,17,18,19,20)/t11?,13-/m0/s1. The van der Waals surface area contributed by atoms with E-state index in [1.54, 1.807) is 0 Å². The Morgan fingerprint density at radius 1 is 1.39 bits per heavy atom. The van der Waals surface area contributed by atoms with E-state index < -0.39 is 12.0 Å². The number of nitrogens with zero attached hydrogens (tertiary/aromatic N) is 3. The van der Waals surface area contributed by atoms with Crippen molar-refractivity contribution >= 4 is 5.97 Å². The molecule has 1 aromatic heterocycles. The van der Waals surface area contributed by atoms with Gasteiger partial charge in [0.2, 0.25) is 0 Å². The predicted octanol–water partition coefficient (Wildman–Crippen LogP) is 1.25. The highest BCUT2D eigenvalue weighted by atomic mass is 16.5. The van der Waals surface area contributed by atoms with Crippen molar-refractivity contribution in [2.75, 3.05) is 6.61 Å². The second-order valence-corrected chi connectivity index (χ2v) is 5.47. The molecule has 8 nitrogen and oxygen atoms in total. The van der Waals surface area contributed by atoms with Crippen molar-refractivity contribution in [2.24, 2.45) is 5.73 Å². The van der Waals surface area contributed by atoms with Gasteiger partial charge in [-0.2, -0.15) is 0 Å². The largest absolute Gasteiger partial charge is 0.494 e. The summed E-state index contributed by atoms with van der Waals surface area (Å²) in [6.07, 6.45) is 1.70. The Morgan fingerprint density at radius 3 is 2.74 bits per heavy atom. The van der Waals surface area contributed by atoms with Crippen molar-refractivity contribution in [3.63, 3.8) is 0 Å². The number of nitrogens with two attached hydrogens (primary N) is 1. The smallest absolute Gasteiger partial charge is 0.320 e. The SMILES string of the molecule is Cc1ccc(OCCCC(C[C@H](N)C(=O)O)c2nnn[nH]2)cc1. The zero-order chi connectivity index (χ0) is 16.7. The monoisotopic (exact) mass is 319 g/mol. The number of nitrogens with one attached hydrogen (secondary N) is 1. The lowest BCUT2D eigenvalue weighted by molar-refractivity contribution is -0.138. The molecule has 0 saturated heterocycles. The molecule has 124 valence electrons. The van der Waals surface area contributed by atoms with E-state index in [4.69, 9.17) is 15.6 Å². The van der Waals surface area contributed by atoms with Gasteiger partial charge in [0.05, 0.1) is 6.61 Å². The number of tetrazole rings is 1. The van der Waals surface area contributed by atoms with Crippen molar-refractivity contribution in [1.29, 1.82) is 0 Å². The molecule has 2 atom stereocenters. The molecular formula is C15H21N5O3. The molecule has 0 spiro atoms. The molecule has 2 rings (SSSR count). The summed E-state index contributed by atoms with van der Waals surface area (Å²) in [5.41, 5.74) is 6.80. The van der Waals surface area contributed by atoms with E-state index in [-0.39, 0.29) is 12.3 Å². The van der Waals surface area contributed by atoms with Crippen molar-refractivity contribution in [2.45, 2.75) is 38.1 Å². The van der Waals surface area contributed by atoms with Crippen LogP contribution in [0.5, 0.6) is 5.75 Å². The third-order valence-electron chi connectivity index (χ3n) is 3.59. The first-order valence-electron chi connectivity index (χ1n) is 7.47. The van der Waals surface area contributed by atoms with Gasteiger partial charge >= 0.3 is 5.97 Å². The van der Waals surface area contributed by atoms with E-state index in [1.807, 2.05) is 31.2 Å². The van der Waals surface area contributed by atoms with Gasteiger partial charge in [-0.15, -0.1) is 5.10 Å². The van der Waals surface area contributed by atoms with E-state index in [0.717, 1.165) is 12.2 Å². The molecule has 23 heavy (non-hydrogen) atoms. The van der Waals surface area contributed by atoms with E-state index >= 15 is 0 Å². The van der Waals surface area contributed by atoms with E-state index in [1.165, 1.54) is 5.56 Å². The zero-order valence-electron chi connectivity index (χ0n) is 13.0. The molecule has 0 aliphatic carbocycles. The van der Waals surface area contributed by atoms with E-state index in [2.05, 4.69) is 20.6 Å². The van der Waals surface area contributed by atoms with Crippen LogP contribution in [0.25, 0.3) is 0 Å². The highest BCUT2D eigenvalue weighted by Crippen LogP contribution is 2.23. The molecule has 1 unspecified atom stereocenters. The quantitative estimate of drug-likeness (QED) is 0.593. The highest BCUT2D eigenvalue weighted by Gasteiger charge is 2.22. The number of aryl methyl sites for hydroxylation is 1. The lowest BCUT2D eigenvalue weighted by Gasteiger charge is -2.16. The minimum atomic E-state index is -1.03. The maximum atomic E-state index is 10.9. The maximum Gasteiger partial charge on any atom is 0.320 e. The summed E-state index contributed by atoms with van der Waals surface area (Å²) in [4.78, 5) is 10.9. The van der Waals surface area contributed by atoms with Crippen LogP contribution in [0, 0.1) is 6.92 Å². The van der Waals surface area contributed by atoms with Crippen LogP contribution in [-0.2, 0) is 4.79 Å². The number of carboxylic acid groups (broad SMARTS) is 1. The summed E-state index contributed by atoms with van der Waals surface area (Å²) in [6.45, 7) is 2.55. The first kappa shape index (κ1) is 16.9. The van der Waals surface area contributed by atoms with Gasteiger partial charge in [0.25, 0.3) is 0 Å². The molecule has 0 bridgehead atoms. The van der Waals surface area contributed by atoms with Gasteiger partial charge in [0.1, 0.15) is 11.8 Å². The fraction of sp³-hybridized carbons (Fsp3) is 0.467. The Hall–Kier alpha value is -2.48. The van der Waals surface area contributed by atoms with Gasteiger partial charge in [-0.3, -0.25) is 4.79 Å². The minimum absolute atomic E-state index is 0.141. The Bertz CT molecular complexity index is 600. The average molecular weight is 319 g/mol. The second-order valence-electron chi connectivity index (χ2n) is 5.47. The van der Waals surface area contributed by atoms with E-state index in [9.17, 15) is 4.79 Å². The summed E-state index contributed by atoms with van der Waals surface area (Å²) in [6, 6.07) is 6.89. The van der Waals surface area contributed by atoms with Gasteiger partial charge in [0, 0.05) is 5.92 Å². The van der Waals surface area contributed by atoms with Crippen molar-refractivity contribution in [3.05, 3.63) is 35.7 Å². The molecule has 1 aromatic carbocycles.